The lowest BCUT2D eigenvalue weighted by molar-refractivity contribution is -0.136. The molecule has 2 aromatic heterocycles. The molecule has 0 aromatic carbocycles. The molecule has 7 heteroatoms. The smallest absolute Gasteiger partial charge is 0.269 e. The average molecular weight is 375 g/mol. The summed E-state index contributed by atoms with van der Waals surface area (Å²) in [4.78, 5) is 30.2. The van der Waals surface area contributed by atoms with Crippen LogP contribution in [0.2, 0.25) is 0 Å². The van der Waals surface area contributed by atoms with Gasteiger partial charge in [0.15, 0.2) is 0 Å². The van der Waals surface area contributed by atoms with Gasteiger partial charge in [0.1, 0.15) is 6.54 Å². The highest BCUT2D eigenvalue weighted by Gasteiger charge is 2.27. The highest BCUT2D eigenvalue weighted by atomic mass is 32.1. The third-order valence-corrected chi connectivity index (χ3v) is 5.84. The molecule has 0 aliphatic carbocycles. The molecule has 0 N–H and O–H groups in total. The Balaban J connectivity index is 1.65. The van der Waals surface area contributed by atoms with E-state index in [4.69, 9.17) is 0 Å². The molecule has 26 heavy (non-hydrogen) atoms. The number of hydrogen-bond acceptors (Lipinski definition) is 5. The van der Waals surface area contributed by atoms with E-state index < -0.39 is 0 Å². The van der Waals surface area contributed by atoms with Crippen LogP contribution in [0.1, 0.15) is 30.6 Å². The number of carbonyl (C=O) groups excluding carboxylic acids is 1. The number of thiophene rings is 1. The SMILES string of the molecule is CN(C)c1cnn(CC(=O)N2CCCC[C@H]2CCc2cccs2)c(=O)c1. The van der Waals surface area contributed by atoms with Gasteiger partial charge >= 0.3 is 0 Å². The molecule has 2 aromatic rings. The maximum Gasteiger partial charge on any atom is 0.269 e. The van der Waals surface area contributed by atoms with E-state index in [1.54, 1.807) is 17.5 Å². The molecule has 0 bridgehead atoms. The Labute approximate surface area is 158 Å². The second kappa shape index (κ2) is 8.49. The van der Waals surface area contributed by atoms with Gasteiger partial charge in [-0.3, -0.25) is 9.59 Å². The van der Waals surface area contributed by atoms with E-state index >= 15 is 0 Å². The first kappa shape index (κ1) is 18.6. The van der Waals surface area contributed by atoms with E-state index in [1.807, 2.05) is 23.9 Å². The van der Waals surface area contributed by atoms with Crippen LogP contribution in [-0.4, -0.2) is 47.3 Å². The molecule has 1 aliphatic rings. The summed E-state index contributed by atoms with van der Waals surface area (Å²) >= 11 is 1.77. The maximum absolute atomic E-state index is 12.8. The van der Waals surface area contributed by atoms with E-state index in [0.29, 0.717) is 0 Å². The summed E-state index contributed by atoms with van der Waals surface area (Å²) in [5, 5.41) is 6.25. The first-order valence-corrected chi connectivity index (χ1v) is 9.99. The minimum atomic E-state index is -0.239. The first-order valence-electron chi connectivity index (χ1n) is 9.11. The number of rotatable bonds is 6. The number of hydrogen-bond donors (Lipinski definition) is 0. The Morgan fingerprint density at radius 2 is 2.23 bits per heavy atom. The van der Waals surface area contributed by atoms with Gasteiger partial charge in [0.2, 0.25) is 5.91 Å². The molecule has 0 spiro atoms. The molecule has 0 saturated carbocycles. The zero-order valence-electron chi connectivity index (χ0n) is 15.4. The minimum Gasteiger partial charge on any atom is -0.376 e. The summed E-state index contributed by atoms with van der Waals surface area (Å²) in [5.41, 5.74) is 0.502. The largest absolute Gasteiger partial charge is 0.376 e. The number of aryl methyl sites for hydroxylation is 1. The van der Waals surface area contributed by atoms with E-state index in [2.05, 4.69) is 22.6 Å². The van der Waals surface area contributed by atoms with E-state index in [1.165, 1.54) is 15.6 Å². The first-order chi connectivity index (χ1) is 12.5. The molecule has 1 atom stereocenters. The molecule has 6 nitrogen and oxygen atoms in total. The van der Waals surface area contributed by atoms with Crippen LogP contribution in [0.25, 0.3) is 0 Å². The van der Waals surface area contributed by atoms with Crippen LogP contribution >= 0.6 is 11.3 Å². The average Bonchev–Trinajstić information content (AvgIpc) is 3.15. The summed E-state index contributed by atoms with van der Waals surface area (Å²) < 4.78 is 1.26. The predicted octanol–water partition coefficient (Wildman–Crippen LogP) is 2.38. The Morgan fingerprint density at radius 1 is 1.38 bits per heavy atom. The molecule has 1 fully saturated rings. The van der Waals surface area contributed by atoms with Crippen molar-refractivity contribution in [3.05, 3.63) is 45.0 Å². The molecule has 1 amide bonds. The fourth-order valence-electron chi connectivity index (χ4n) is 3.40. The van der Waals surface area contributed by atoms with Crippen LogP contribution in [0, 0.1) is 0 Å². The third kappa shape index (κ3) is 4.52. The summed E-state index contributed by atoms with van der Waals surface area (Å²) in [6.45, 7) is 0.792. The zero-order chi connectivity index (χ0) is 18.5. The highest BCUT2D eigenvalue weighted by Crippen LogP contribution is 2.23. The Hall–Kier alpha value is -2.15. The van der Waals surface area contributed by atoms with Crippen molar-refractivity contribution >= 4 is 22.9 Å². The van der Waals surface area contributed by atoms with Gasteiger partial charge in [-0.25, -0.2) is 4.68 Å². The standard InChI is InChI=1S/C19H26N4O2S/c1-21(2)16-12-18(24)23(20-13-16)14-19(25)22-10-4-3-6-15(22)8-9-17-7-5-11-26-17/h5,7,11-13,15H,3-4,6,8-10,14H2,1-2H3/t15-/m0/s1. The van der Waals surface area contributed by atoms with Crippen molar-refractivity contribution in [2.45, 2.75) is 44.7 Å². The lowest BCUT2D eigenvalue weighted by Crippen LogP contribution is -2.46. The van der Waals surface area contributed by atoms with E-state index in [0.717, 1.165) is 44.3 Å². The van der Waals surface area contributed by atoms with Crippen LogP contribution < -0.4 is 10.5 Å². The van der Waals surface area contributed by atoms with Crippen LogP contribution in [0.3, 0.4) is 0 Å². The maximum atomic E-state index is 12.8. The molecular formula is C19H26N4O2S. The van der Waals surface area contributed by atoms with Gasteiger partial charge in [-0.05, 0) is 43.6 Å². The van der Waals surface area contributed by atoms with Crippen LogP contribution in [-0.2, 0) is 17.8 Å². The minimum absolute atomic E-state index is 0.00640. The van der Waals surface area contributed by atoms with Crippen molar-refractivity contribution in [3.8, 4) is 0 Å². The molecule has 3 rings (SSSR count). The van der Waals surface area contributed by atoms with Crippen molar-refractivity contribution in [2.75, 3.05) is 25.5 Å². The van der Waals surface area contributed by atoms with Crippen molar-refractivity contribution in [1.29, 1.82) is 0 Å². The van der Waals surface area contributed by atoms with E-state index in [-0.39, 0.29) is 24.1 Å². The number of amides is 1. The monoisotopic (exact) mass is 374 g/mol. The van der Waals surface area contributed by atoms with E-state index in [9.17, 15) is 9.59 Å². The van der Waals surface area contributed by atoms with Gasteiger partial charge in [-0.1, -0.05) is 6.07 Å². The lowest BCUT2D eigenvalue weighted by Gasteiger charge is -2.36. The number of nitrogens with zero attached hydrogens (tertiary/aromatic N) is 4. The fraction of sp³-hybridized carbons (Fsp3) is 0.526. The van der Waals surface area contributed by atoms with Crippen molar-refractivity contribution in [3.63, 3.8) is 0 Å². The van der Waals surface area contributed by atoms with Crippen molar-refractivity contribution in [2.24, 2.45) is 0 Å². The van der Waals surface area contributed by atoms with Crippen LogP contribution in [0.15, 0.2) is 34.6 Å². The molecule has 1 saturated heterocycles. The van der Waals surface area contributed by atoms with Crippen LogP contribution in [0.4, 0.5) is 5.69 Å². The number of aromatic nitrogens is 2. The lowest BCUT2D eigenvalue weighted by atomic mass is 9.97. The van der Waals surface area contributed by atoms with Crippen molar-refractivity contribution < 1.29 is 4.79 Å². The summed E-state index contributed by atoms with van der Waals surface area (Å²) in [5.74, 6) is -0.00640. The summed E-state index contributed by atoms with van der Waals surface area (Å²) in [6.07, 6.45) is 6.84. The highest BCUT2D eigenvalue weighted by molar-refractivity contribution is 7.09. The molecule has 0 radical (unpaired) electrons. The Bertz CT molecular complexity index is 785. The number of carbonyl (C=O) groups is 1. The summed E-state index contributed by atoms with van der Waals surface area (Å²) in [7, 11) is 3.72. The third-order valence-electron chi connectivity index (χ3n) is 4.91. The molecule has 0 unspecified atom stereocenters. The van der Waals surface area contributed by atoms with Gasteiger partial charge in [0.25, 0.3) is 5.56 Å². The molecule has 1 aliphatic heterocycles. The van der Waals surface area contributed by atoms with Gasteiger partial charge in [-0.2, -0.15) is 5.10 Å². The van der Waals surface area contributed by atoms with Crippen LogP contribution in [0.5, 0.6) is 0 Å². The molecule has 140 valence electrons. The topological polar surface area (TPSA) is 58.4 Å². The van der Waals surface area contributed by atoms with Gasteiger partial charge < -0.3 is 9.80 Å². The molecule has 3 heterocycles. The fourth-order valence-corrected chi connectivity index (χ4v) is 4.12. The second-order valence-corrected chi connectivity index (χ2v) is 7.99. The Kier molecular flexibility index (Phi) is 6.08. The molecular weight excluding hydrogens is 348 g/mol. The van der Waals surface area contributed by atoms with Crippen molar-refractivity contribution in [1.82, 2.24) is 14.7 Å². The normalized spacial score (nSPS) is 17.3. The number of anilines is 1. The van der Waals surface area contributed by atoms with Gasteiger partial charge in [0.05, 0.1) is 11.9 Å². The second-order valence-electron chi connectivity index (χ2n) is 6.96. The van der Waals surface area contributed by atoms with Gasteiger partial charge in [-0.15, -0.1) is 11.3 Å². The Morgan fingerprint density at radius 3 is 2.92 bits per heavy atom. The number of piperidine rings is 1. The quantitative estimate of drug-likeness (QED) is 0.779. The predicted molar refractivity (Wildman–Crippen MR) is 105 cm³/mol. The van der Waals surface area contributed by atoms with Gasteiger partial charge in [0, 0.05) is 37.6 Å². The summed E-state index contributed by atoms with van der Waals surface area (Å²) in [6, 6.07) is 5.99. The zero-order valence-corrected chi connectivity index (χ0v) is 16.2. The number of likely N-dealkylation sites (tertiary alicyclic amines) is 1.